The van der Waals surface area contributed by atoms with E-state index in [1.165, 1.54) is 57.0 Å². The van der Waals surface area contributed by atoms with Gasteiger partial charge in [-0.15, -0.1) is 22.7 Å². The third-order valence-electron chi connectivity index (χ3n) is 9.34. The number of hydrogen-bond acceptors (Lipinski definition) is 5. The van der Waals surface area contributed by atoms with Crippen molar-refractivity contribution in [2.24, 2.45) is 0 Å². The van der Waals surface area contributed by atoms with Crippen molar-refractivity contribution in [3.8, 4) is 56.4 Å². The van der Waals surface area contributed by atoms with Crippen molar-refractivity contribution in [2.45, 2.75) is 0 Å². The smallest absolute Gasteiger partial charge is 0.164 e. The molecule has 0 saturated heterocycles. The van der Waals surface area contributed by atoms with Crippen LogP contribution in [0.1, 0.15) is 0 Å². The minimum absolute atomic E-state index is 0.656. The highest BCUT2D eigenvalue weighted by atomic mass is 32.1. The van der Waals surface area contributed by atoms with E-state index in [1.54, 1.807) is 0 Å². The summed E-state index contributed by atoms with van der Waals surface area (Å²) in [6, 6.07) is 58.0. The standard InChI is InChI=1S/C45H27N3S2/c1-3-11-28(12-4-1)43-46-44(29-13-5-2-6-14-29)48-45(47-43)33-16-9-15-32(25-33)34-18-10-19-36-38-27-31(22-24-41(38)50-42(34)36)30-21-23-40-37(26-30)35-17-7-8-20-39(35)49-40/h1-27H. The Kier molecular flexibility index (Phi) is 6.86. The Bertz CT molecular complexity index is 2810. The zero-order valence-electron chi connectivity index (χ0n) is 26.7. The second kappa shape index (κ2) is 11.8. The molecule has 0 bridgehead atoms. The van der Waals surface area contributed by atoms with Crippen molar-refractivity contribution in [2.75, 3.05) is 0 Å². The van der Waals surface area contributed by atoms with Gasteiger partial charge in [0.1, 0.15) is 0 Å². The first kappa shape index (κ1) is 29.0. The molecule has 0 N–H and O–H groups in total. The van der Waals surface area contributed by atoms with Gasteiger partial charge in [-0.3, -0.25) is 0 Å². The lowest BCUT2D eigenvalue weighted by Gasteiger charge is -2.10. The van der Waals surface area contributed by atoms with Crippen LogP contribution in [0.15, 0.2) is 164 Å². The lowest BCUT2D eigenvalue weighted by Crippen LogP contribution is -2.00. The SMILES string of the molecule is c1ccc(-c2nc(-c3ccccc3)nc(-c3cccc(-c4cccc5c4sc4ccc(-c6ccc7sc8ccccc8c7c6)cc45)c3)n2)cc1. The quantitative estimate of drug-likeness (QED) is 0.182. The Morgan fingerprint density at radius 3 is 1.50 bits per heavy atom. The van der Waals surface area contributed by atoms with Gasteiger partial charge in [0.25, 0.3) is 0 Å². The van der Waals surface area contributed by atoms with Gasteiger partial charge in [-0.25, -0.2) is 15.0 Å². The van der Waals surface area contributed by atoms with Gasteiger partial charge in [0, 0.05) is 57.0 Å². The number of aromatic nitrogens is 3. The van der Waals surface area contributed by atoms with Gasteiger partial charge >= 0.3 is 0 Å². The Morgan fingerprint density at radius 1 is 0.300 bits per heavy atom. The van der Waals surface area contributed by atoms with Crippen molar-refractivity contribution in [1.82, 2.24) is 15.0 Å². The summed E-state index contributed by atoms with van der Waals surface area (Å²) in [7, 11) is 0. The van der Waals surface area contributed by atoms with Gasteiger partial charge in [-0.2, -0.15) is 0 Å². The van der Waals surface area contributed by atoms with Crippen LogP contribution < -0.4 is 0 Å². The fourth-order valence-electron chi connectivity index (χ4n) is 6.87. The van der Waals surface area contributed by atoms with Crippen molar-refractivity contribution >= 4 is 63.0 Å². The molecule has 0 unspecified atom stereocenters. The normalized spacial score (nSPS) is 11.6. The fraction of sp³-hybridized carbons (Fsp3) is 0. The predicted molar refractivity (Wildman–Crippen MR) is 213 cm³/mol. The monoisotopic (exact) mass is 673 g/mol. The van der Waals surface area contributed by atoms with Crippen LogP contribution in [0.2, 0.25) is 0 Å². The number of thiophene rings is 2. The fourth-order valence-corrected chi connectivity index (χ4v) is 9.18. The lowest BCUT2D eigenvalue weighted by atomic mass is 9.98. The highest BCUT2D eigenvalue weighted by molar-refractivity contribution is 7.26. The predicted octanol–water partition coefficient (Wildman–Crippen LogP) is 12.9. The van der Waals surface area contributed by atoms with Crippen LogP contribution in [-0.2, 0) is 0 Å². The molecule has 0 saturated carbocycles. The first-order valence-corrected chi connectivity index (χ1v) is 18.2. The summed E-state index contributed by atoms with van der Waals surface area (Å²) in [5.74, 6) is 1.98. The van der Waals surface area contributed by atoms with Crippen molar-refractivity contribution < 1.29 is 0 Å². The number of hydrogen-bond donors (Lipinski definition) is 0. The largest absolute Gasteiger partial charge is 0.208 e. The maximum absolute atomic E-state index is 4.98. The highest BCUT2D eigenvalue weighted by Crippen LogP contribution is 2.43. The molecule has 0 spiro atoms. The van der Waals surface area contributed by atoms with Crippen LogP contribution in [0.4, 0.5) is 0 Å². The molecule has 0 fully saturated rings. The zero-order chi connectivity index (χ0) is 33.0. The molecule has 0 atom stereocenters. The molecule has 3 heterocycles. The number of fused-ring (bicyclic) bond motifs is 6. The molecule has 3 nitrogen and oxygen atoms in total. The molecule has 0 amide bonds. The van der Waals surface area contributed by atoms with E-state index in [0.717, 1.165) is 22.3 Å². The third kappa shape index (κ3) is 4.98. The molecule has 5 heteroatoms. The summed E-state index contributed by atoms with van der Waals surface area (Å²) < 4.78 is 5.22. The van der Waals surface area contributed by atoms with E-state index in [-0.39, 0.29) is 0 Å². The van der Waals surface area contributed by atoms with Gasteiger partial charge in [-0.1, -0.05) is 127 Å². The third-order valence-corrected chi connectivity index (χ3v) is 11.7. The summed E-state index contributed by atoms with van der Waals surface area (Å²) in [4.78, 5) is 14.8. The van der Waals surface area contributed by atoms with Gasteiger partial charge in [0.2, 0.25) is 0 Å². The highest BCUT2D eigenvalue weighted by Gasteiger charge is 2.16. The average Bonchev–Trinajstić information content (AvgIpc) is 3.76. The van der Waals surface area contributed by atoms with Crippen molar-refractivity contribution in [1.29, 1.82) is 0 Å². The minimum atomic E-state index is 0.656. The summed E-state index contributed by atoms with van der Waals surface area (Å²) in [6.45, 7) is 0. The van der Waals surface area contributed by atoms with E-state index in [2.05, 4.69) is 103 Å². The summed E-state index contributed by atoms with van der Waals surface area (Å²) in [5, 5.41) is 5.21. The van der Waals surface area contributed by atoms with E-state index in [1.807, 2.05) is 83.3 Å². The van der Waals surface area contributed by atoms with Gasteiger partial charge in [0.05, 0.1) is 0 Å². The average molecular weight is 674 g/mol. The Morgan fingerprint density at radius 2 is 0.800 bits per heavy atom. The first-order valence-electron chi connectivity index (χ1n) is 16.6. The Balaban J connectivity index is 1.08. The van der Waals surface area contributed by atoms with Crippen LogP contribution >= 0.6 is 22.7 Å². The van der Waals surface area contributed by atoms with E-state index in [0.29, 0.717) is 17.5 Å². The molecule has 3 aromatic heterocycles. The molecule has 0 radical (unpaired) electrons. The topological polar surface area (TPSA) is 38.7 Å². The molecule has 10 aromatic rings. The van der Waals surface area contributed by atoms with E-state index < -0.39 is 0 Å². The molecule has 0 aliphatic carbocycles. The summed E-state index contributed by atoms with van der Waals surface area (Å²) in [5.41, 5.74) is 7.70. The van der Waals surface area contributed by atoms with Crippen molar-refractivity contribution in [3.05, 3.63) is 164 Å². The lowest BCUT2D eigenvalue weighted by molar-refractivity contribution is 1.07. The van der Waals surface area contributed by atoms with Crippen LogP contribution in [0.5, 0.6) is 0 Å². The first-order chi connectivity index (χ1) is 24.7. The molecule has 7 aromatic carbocycles. The second-order valence-corrected chi connectivity index (χ2v) is 14.6. The molecular weight excluding hydrogens is 647 g/mol. The van der Waals surface area contributed by atoms with Gasteiger partial charge < -0.3 is 0 Å². The number of rotatable bonds is 5. The van der Waals surface area contributed by atoms with Crippen LogP contribution in [0.3, 0.4) is 0 Å². The van der Waals surface area contributed by atoms with Crippen LogP contribution in [0.25, 0.3) is 96.8 Å². The van der Waals surface area contributed by atoms with Gasteiger partial charge in [-0.05, 0) is 58.7 Å². The summed E-state index contributed by atoms with van der Waals surface area (Å²) >= 11 is 3.71. The number of nitrogens with zero attached hydrogens (tertiary/aromatic N) is 3. The molecule has 10 rings (SSSR count). The minimum Gasteiger partial charge on any atom is -0.208 e. The molecular formula is C45H27N3S2. The molecule has 50 heavy (non-hydrogen) atoms. The van der Waals surface area contributed by atoms with Crippen LogP contribution in [0, 0.1) is 0 Å². The maximum Gasteiger partial charge on any atom is 0.164 e. The van der Waals surface area contributed by atoms with Crippen molar-refractivity contribution in [3.63, 3.8) is 0 Å². The van der Waals surface area contributed by atoms with Gasteiger partial charge in [0.15, 0.2) is 17.5 Å². The molecule has 234 valence electrons. The van der Waals surface area contributed by atoms with E-state index >= 15 is 0 Å². The number of benzene rings is 7. The summed E-state index contributed by atoms with van der Waals surface area (Å²) in [6.07, 6.45) is 0. The zero-order valence-corrected chi connectivity index (χ0v) is 28.4. The molecule has 0 aliphatic rings. The van der Waals surface area contributed by atoms with E-state index in [9.17, 15) is 0 Å². The maximum atomic E-state index is 4.98. The Hall–Kier alpha value is -6.01. The van der Waals surface area contributed by atoms with E-state index in [4.69, 9.17) is 15.0 Å². The second-order valence-electron chi connectivity index (χ2n) is 12.4. The van der Waals surface area contributed by atoms with Crippen LogP contribution in [-0.4, -0.2) is 15.0 Å². The molecule has 0 aliphatic heterocycles. The Labute approximate surface area is 296 Å².